The van der Waals surface area contributed by atoms with Crippen LogP contribution in [0.25, 0.3) is 0 Å². The first kappa shape index (κ1) is 14.2. The Bertz CT molecular complexity index is 602. The molecule has 0 radical (unpaired) electrons. The zero-order valence-corrected chi connectivity index (χ0v) is 11.6. The fraction of sp³-hybridized carbons (Fsp3) is 0.250. The molecular formula is C12H14N4O3S. The van der Waals surface area contributed by atoms with Gasteiger partial charge >= 0.3 is 5.97 Å². The van der Waals surface area contributed by atoms with E-state index in [2.05, 4.69) is 15.3 Å². The van der Waals surface area contributed by atoms with Gasteiger partial charge in [0.05, 0.1) is 12.8 Å². The highest BCUT2D eigenvalue weighted by Gasteiger charge is 2.17. The first-order valence-electron chi connectivity index (χ1n) is 5.76. The van der Waals surface area contributed by atoms with E-state index in [0.717, 1.165) is 5.56 Å². The molecule has 2 rings (SSSR count). The number of nitrogens with one attached hydrogen (secondary N) is 1. The molecule has 0 saturated carbocycles. The number of hydrogen-bond acceptors (Lipinski definition) is 7. The zero-order chi connectivity index (χ0) is 14.5. The molecule has 20 heavy (non-hydrogen) atoms. The average Bonchev–Trinajstić information content (AvgIpc) is 2.93. The van der Waals surface area contributed by atoms with E-state index in [9.17, 15) is 4.79 Å². The second-order valence-corrected chi connectivity index (χ2v) is 4.81. The van der Waals surface area contributed by atoms with E-state index in [1.165, 1.54) is 11.3 Å². The lowest BCUT2D eigenvalue weighted by Gasteiger charge is -2.05. The van der Waals surface area contributed by atoms with Crippen LogP contribution in [-0.2, 0) is 11.3 Å². The number of hydrogen-bond donors (Lipinski definition) is 3. The monoisotopic (exact) mass is 294 g/mol. The molecule has 0 aliphatic carbocycles. The summed E-state index contributed by atoms with van der Waals surface area (Å²) < 4.78 is 5.04. The number of carbonyl (C=O) groups is 1. The van der Waals surface area contributed by atoms with Gasteiger partial charge < -0.3 is 20.9 Å². The van der Waals surface area contributed by atoms with Crippen LogP contribution >= 0.6 is 11.3 Å². The third kappa shape index (κ3) is 3.43. The fourth-order valence-electron chi connectivity index (χ4n) is 1.49. The normalized spacial score (nSPS) is 11.9. The minimum atomic E-state index is -1.10. The van der Waals surface area contributed by atoms with Crippen LogP contribution in [0.5, 0.6) is 5.88 Å². The first-order chi connectivity index (χ1) is 9.60. The molecule has 2 heterocycles. The molecule has 0 aliphatic heterocycles. The molecule has 0 amide bonds. The largest absolute Gasteiger partial charge is 0.481 e. The number of ether oxygens (including phenoxy) is 1. The molecule has 0 fully saturated rings. The Morgan fingerprint density at radius 3 is 3.15 bits per heavy atom. The van der Waals surface area contributed by atoms with Crippen LogP contribution in [-0.4, -0.2) is 28.2 Å². The van der Waals surface area contributed by atoms with Gasteiger partial charge in [0.15, 0.2) is 5.13 Å². The van der Waals surface area contributed by atoms with Gasteiger partial charge in [-0.2, -0.15) is 0 Å². The van der Waals surface area contributed by atoms with E-state index in [1.54, 1.807) is 18.7 Å². The van der Waals surface area contributed by atoms with Crippen molar-refractivity contribution in [2.24, 2.45) is 5.73 Å². The Balaban J connectivity index is 1.99. The predicted octanol–water partition coefficient (Wildman–Crippen LogP) is 1.24. The van der Waals surface area contributed by atoms with Crippen molar-refractivity contribution in [3.63, 3.8) is 0 Å². The van der Waals surface area contributed by atoms with Crippen LogP contribution in [0.3, 0.4) is 0 Å². The highest BCUT2D eigenvalue weighted by atomic mass is 32.1. The number of aromatic nitrogens is 2. The maximum absolute atomic E-state index is 10.8. The number of pyridine rings is 1. The SMILES string of the molecule is COc1cc(CNc2nc(C(N)C(=O)O)cs2)ccn1. The van der Waals surface area contributed by atoms with Crippen molar-refractivity contribution in [3.05, 3.63) is 35.0 Å². The van der Waals surface area contributed by atoms with Crippen molar-refractivity contribution in [2.75, 3.05) is 12.4 Å². The number of thiazole rings is 1. The summed E-state index contributed by atoms with van der Waals surface area (Å²) in [5, 5.41) is 14.2. The summed E-state index contributed by atoms with van der Waals surface area (Å²) in [4.78, 5) is 18.9. The average molecular weight is 294 g/mol. The highest BCUT2D eigenvalue weighted by Crippen LogP contribution is 2.20. The Hall–Kier alpha value is -2.19. The van der Waals surface area contributed by atoms with Gasteiger partial charge in [-0.25, -0.2) is 9.97 Å². The lowest BCUT2D eigenvalue weighted by atomic mass is 10.2. The van der Waals surface area contributed by atoms with Crippen molar-refractivity contribution in [1.82, 2.24) is 9.97 Å². The van der Waals surface area contributed by atoms with Crippen molar-refractivity contribution in [2.45, 2.75) is 12.6 Å². The predicted molar refractivity (Wildman–Crippen MR) is 74.8 cm³/mol. The summed E-state index contributed by atoms with van der Waals surface area (Å²) in [7, 11) is 1.56. The molecule has 2 aromatic rings. The molecule has 0 saturated heterocycles. The van der Waals surface area contributed by atoms with E-state index < -0.39 is 12.0 Å². The lowest BCUT2D eigenvalue weighted by Crippen LogP contribution is -2.20. The highest BCUT2D eigenvalue weighted by molar-refractivity contribution is 7.13. The van der Waals surface area contributed by atoms with Crippen LogP contribution < -0.4 is 15.8 Å². The van der Waals surface area contributed by atoms with E-state index >= 15 is 0 Å². The van der Waals surface area contributed by atoms with Gasteiger partial charge in [-0.3, -0.25) is 4.79 Å². The van der Waals surface area contributed by atoms with E-state index in [-0.39, 0.29) is 0 Å². The number of anilines is 1. The molecule has 106 valence electrons. The molecule has 4 N–H and O–H groups in total. The minimum absolute atomic E-state index is 0.345. The van der Waals surface area contributed by atoms with Gasteiger partial charge in [0.1, 0.15) is 6.04 Å². The number of methoxy groups -OCH3 is 1. The number of nitrogens with two attached hydrogens (primary N) is 1. The number of carboxylic acids is 1. The van der Waals surface area contributed by atoms with Crippen LogP contribution in [0.1, 0.15) is 17.3 Å². The first-order valence-corrected chi connectivity index (χ1v) is 6.64. The number of aliphatic carboxylic acids is 1. The third-order valence-corrected chi connectivity index (χ3v) is 3.38. The Labute approximate surface area is 119 Å². The van der Waals surface area contributed by atoms with E-state index in [1.807, 2.05) is 12.1 Å². The maximum atomic E-state index is 10.8. The second kappa shape index (κ2) is 6.31. The summed E-state index contributed by atoms with van der Waals surface area (Å²) in [6.07, 6.45) is 1.66. The van der Waals surface area contributed by atoms with Gasteiger partial charge in [0.25, 0.3) is 0 Å². The number of rotatable bonds is 6. The van der Waals surface area contributed by atoms with Crippen molar-refractivity contribution in [3.8, 4) is 5.88 Å². The summed E-state index contributed by atoms with van der Waals surface area (Å²) >= 11 is 1.31. The summed E-state index contributed by atoms with van der Waals surface area (Å²) in [5.74, 6) is -0.558. The Morgan fingerprint density at radius 2 is 2.45 bits per heavy atom. The molecular weight excluding hydrogens is 280 g/mol. The lowest BCUT2D eigenvalue weighted by molar-refractivity contribution is -0.138. The van der Waals surface area contributed by atoms with Crippen molar-refractivity contribution >= 4 is 22.4 Å². The van der Waals surface area contributed by atoms with Gasteiger partial charge in [0.2, 0.25) is 5.88 Å². The molecule has 0 aromatic carbocycles. The summed E-state index contributed by atoms with van der Waals surface area (Å²) in [6.45, 7) is 0.536. The van der Waals surface area contributed by atoms with Gasteiger partial charge in [-0.1, -0.05) is 0 Å². The maximum Gasteiger partial charge on any atom is 0.326 e. The van der Waals surface area contributed by atoms with Gasteiger partial charge in [-0.05, 0) is 11.6 Å². The van der Waals surface area contributed by atoms with Crippen LogP contribution in [0.2, 0.25) is 0 Å². The minimum Gasteiger partial charge on any atom is -0.481 e. The second-order valence-electron chi connectivity index (χ2n) is 3.95. The molecule has 1 atom stereocenters. The summed E-state index contributed by atoms with van der Waals surface area (Å²) in [5.41, 5.74) is 6.82. The van der Waals surface area contributed by atoms with E-state index in [4.69, 9.17) is 15.6 Å². The summed E-state index contributed by atoms with van der Waals surface area (Å²) in [6, 6.07) is 2.57. The smallest absolute Gasteiger partial charge is 0.326 e. The molecule has 8 heteroatoms. The zero-order valence-electron chi connectivity index (χ0n) is 10.7. The topological polar surface area (TPSA) is 110 Å². The number of nitrogens with zero attached hydrogens (tertiary/aromatic N) is 2. The molecule has 2 aromatic heterocycles. The fourth-order valence-corrected chi connectivity index (χ4v) is 2.23. The van der Waals surface area contributed by atoms with Crippen molar-refractivity contribution < 1.29 is 14.6 Å². The quantitative estimate of drug-likeness (QED) is 0.735. The molecule has 7 nitrogen and oxygen atoms in total. The van der Waals surface area contributed by atoms with Crippen LogP contribution in [0.15, 0.2) is 23.7 Å². The Kier molecular flexibility index (Phi) is 4.49. The van der Waals surface area contributed by atoms with Gasteiger partial charge in [-0.15, -0.1) is 11.3 Å². The van der Waals surface area contributed by atoms with Crippen LogP contribution in [0.4, 0.5) is 5.13 Å². The molecule has 0 aliphatic rings. The van der Waals surface area contributed by atoms with E-state index in [0.29, 0.717) is 23.3 Å². The standard InChI is InChI=1S/C12H14N4O3S/c1-19-9-4-7(2-3-14-9)5-15-12-16-8(6-20-12)10(13)11(17)18/h2-4,6,10H,5,13H2,1H3,(H,15,16)(H,17,18). The Morgan fingerprint density at radius 1 is 1.65 bits per heavy atom. The third-order valence-electron chi connectivity index (χ3n) is 2.56. The van der Waals surface area contributed by atoms with Gasteiger partial charge in [0, 0.05) is 24.2 Å². The molecule has 0 spiro atoms. The number of carboxylic acid groups (broad SMARTS) is 1. The van der Waals surface area contributed by atoms with Crippen molar-refractivity contribution in [1.29, 1.82) is 0 Å². The van der Waals surface area contributed by atoms with Crippen LogP contribution in [0, 0.1) is 0 Å². The molecule has 1 unspecified atom stereocenters. The molecule has 0 bridgehead atoms.